The molecular formula is C13H19F2NO3. The van der Waals surface area contributed by atoms with E-state index in [0.29, 0.717) is 5.69 Å². The van der Waals surface area contributed by atoms with Crippen LogP contribution >= 0.6 is 0 Å². The number of rotatable bonds is 7. The highest BCUT2D eigenvalue weighted by Gasteiger charge is 2.14. The van der Waals surface area contributed by atoms with Crippen LogP contribution in [0, 0.1) is 0 Å². The monoisotopic (exact) mass is 275 g/mol. The molecule has 0 aliphatic carbocycles. The molecule has 0 bridgehead atoms. The van der Waals surface area contributed by atoms with Crippen LogP contribution in [0.15, 0.2) is 18.2 Å². The van der Waals surface area contributed by atoms with Crippen molar-refractivity contribution < 1.29 is 23.0 Å². The molecule has 2 unspecified atom stereocenters. The van der Waals surface area contributed by atoms with E-state index < -0.39 is 6.61 Å². The number of nitrogens with one attached hydrogen (secondary N) is 1. The summed E-state index contributed by atoms with van der Waals surface area (Å²) in [5, 5.41) is 3.15. The van der Waals surface area contributed by atoms with Gasteiger partial charge >= 0.3 is 6.61 Å². The smallest absolute Gasteiger partial charge is 0.387 e. The molecule has 1 rings (SSSR count). The van der Waals surface area contributed by atoms with Crippen LogP contribution in [-0.4, -0.2) is 33.0 Å². The van der Waals surface area contributed by atoms with Gasteiger partial charge in [-0.05, 0) is 26.0 Å². The Morgan fingerprint density at radius 1 is 1.11 bits per heavy atom. The number of methoxy groups -OCH3 is 2. The zero-order valence-corrected chi connectivity index (χ0v) is 11.4. The molecule has 0 spiro atoms. The van der Waals surface area contributed by atoms with Crippen LogP contribution in [0.25, 0.3) is 0 Å². The summed E-state index contributed by atoms with van der Waals surface area (Å²) in [6.45, 7) is 0.962. The van der Waals surface area contributed by atoms with Crippen LogP contribution in [0.1, 0.15) is 13.8 Å². The highest BCUT2D eigenvalue weighted by molar-refractivity contribution is 5.55. The second-order valence-electron chi connectivity index (χ2n) is 4.12. The number of ether oxygens (including phenoxy) is 3. The van der Waals surface area contributed by atoms with E-state index in [1.165, 1.54) is 13.2 Å². The van der Waals surface area contributed by atoms with E-state index in [9.17, 15) is 8.78 Å². The summed E-state index contributed by atoms with van der Waals surface area (Å²) in [5.74, 6) is 0.262. The van der Waals surface area contributed by atoms with Gasteiger partial charge in [-0.1, -0.05) is 0 Å². The maximum atomic E-state index is 12.3. The molecule has 0 radical (unpaired) electrons. The van der Waals surface area contributed by atoms with Crippen molar-refractivity contribution in [2.24, 2.45) is 0 Å². The van der Waals surface area contributed by atoms with Gasteiger partial charge in [0.2, 0.25) is 0 Å². The molecule has 0 aliphatic rings. The van der Waals surface area contributed by atoms with Crippen molar-refractivity contribution in [3.8, 4) is 11.5 Å². The van der Waals surface area contributed by atoms with Gasteiger partial charge in [0, 0.05) is 24.9 Å². The Morgan fingerprint density at radius 3 is 2.32 bits per heavy atom. The molecule has 1 aromatic rings. The molecule has 19 heavy (non-hydrogen) atoms. The highest BCUT2D eigenvalue weighted by Crippen LogP contribution is 2.31. The average molecular weight is 275 g/mol. The molecule has 0 amide bonds. The minimum Gasteiger partial charge on any atom is -0.493 e. The van der Waals surface area contributed by atoms with Gasteiger partial charge in [0.25, 0.3) is 0 Å². The number of hydrogen-bond acceptors (Lipinski definition) is 4. The van der Waals surface area contributed by atoms with E-state index in [0.717, 1.165) is 0 Å². The van der Waals surface area contributed by atoms with Crippen molar-refractivity contribution in [3.05, 3.63) is 18.2 Å². The Labute approximate surface area is 111 Å². The van der Waals surface area contributed by atoms with Gasteiger partial charge in [-0.3, -0.25) is 0 Å². The van der Waals surface area contributed by atoms with Gasteiger partial charge in [0.1, 0.15) is 0 Å². The highest BCUT2D eigenvalue weighted by atomic mass is 19.3. The Kier molecular flexibility index (Phi) is 5.82. The van der Waals surface area contributed by atoms with E-state index in [1.807, 2.05) is 13.8 Å². The summed E-state index contributed by atoms with van der Waals surface area (Å²) in [5.41, 5.74) is 0.660. The largest absolute Gasteiger partial charge is 0.493 e. The maximum Gasteiger partial charge on any atom is 0.387 e. The van der Waals surface area contributed by atoms with Gasteiger partial charge in [-0.25, -0.2) is 0 Å². The number of benzene rings is 1. The van der Waals surface area contributed by atoms with Crippen molar-refractivity contribution in [2.45, 2.75) is 32.6 Å². The van der Waals surface area contributed by atoms with Crippen molar-refractivity contribution in [1.82, 2.24) is 0 Å². The predicted octanol–water partition coefficient (Wildman–Crippen LogP) is 3.13. The molecule has 108 valence electrons. The molecule has 1 aromatic carbocycles. The van der Waals surface area contributed by atoms with Crippen molar-refractivity contribution in [1.29, 1.82) is 0 Å². The number of alkyl halides is 2. The molecule has 0 aromatic heterocycles. The average Bonchev–Trinajstić information content (AvgIpc) is 2.37. The third kappa shape index (κ3) is 4.55. The Balaban J connectivity index is 2.85. The first-order valence-corrected chi connectivity index (χ1v) is 5.90. The van der Waals surface area contributed by atoms with Crippen LogP contribution in [0.4, 0.5) is 14.5 Å². The molecule has 2 atom stereocenters. The third-order valence-electron chi connectivity index (χ3n) is 2.85. The topological polar surface area (TPSA) is 39.7 Å². The van der Waals surface area contributed by atoms with E-state index >= 15 is 0 Å². The quantitative estimate of drug-likeness (QED) is 0.830. The molecule has 4 nitrogen and oxygen atoms in total. The summed E-state index contributed by atoms with van der Waals surface area (Å²) >= 11 is 0. The van der Waals surface area contributed by atoms with E-state index in [2.05, 4.69) is 10.1 Å². The van der Waals surface area contributed by atoms with Gasteiger partial charge in [0.15, 0.2) is 11.5 Å². The summed E-state index contributed by atoms with van der Waals surface area (Å²) in [6, 6.07) is 4.81. The molecule has 0 aliphatic heterocycles. The zero-order chi connectivity index (χ0) is 14.4. The van der Waals surface area contributed by atoms with Gasteiger partial charge in [-0.2, -0.15) is 8.78 Å². The maximum absolute atomic E-state index is 12.3. The normalized spacial score (nSPS) is 14.1. The fraction of sp³-hybridized carbons (Fsp3) is 0.538. The zero-order valence-electron chi connectivity index (χ0n) is 11.4. The predicted molar refractivity (Wildman–Crippen MR) is 69.2 cm³/mol. The second-order valence-corrected chi connectivity index (χ2v) is 4.12. The van der Waals surface area contributed by atoms with Gasteiger partial charge < -0.3 is 19.5 Å². The van der Waals surface area contributed by atoms with Crippen LogP contribution < -0.4 is 14.8 Å². The van der Waals surface area contributed by atoms with E-state index in [-0.39, 0.29) is 23.6 Å². The lowest BCUT2D eigenvalue weighted by atomic mass is 10.2. The Hall–Kier alpha value is -1.56. The summed E-state index contributed by atoms with van der Waals surface area (Å²) in [4.78, 5) is 0. The van der Waals surface area contributed by atoms with Crippen LogP contribution in [0.3, 0.4) is 0 Å². The fourth-order valence-electron chi connectivity index (χ4n) is 1.54. The molecule has 0 heterocycles. The number of hydrogen-bond donors (Lipinski definition) is 1. The van der Waals surface area contributed by atoms with Crippen molar-refractivity contribution >= 4 is 5.69 Å². The number of anilines is 1. The molecule has 0 saturated heterocycles. The molecule has 0 fully saturated rings. The second kappa shape index (κ2) is 7.13. The Bertz CT molecular complexity index is 401. The molecule has 6 heteroatoms. The van der Waals surface area contributed by atoms with E-state index in [1.54, 1.807) is 19.2 Å². The lowest BCUT2D eigenvalue weighted by molar-refractivity contribution is -0.0511. The first-order chi connectivity index (χ1) is 8.97. The SMILES string of the molecule is COc1ccc(NC(C)C(C)OC)cc1OC(F)F. The lowest BCUT2D eigenvalue weighted by Crippen LogP contribution is -2.29. The molecule has 0 saturated carbocycles. The van der Waals surface area contributed by atoms with Crippen LogP contribution in [0.5, 0.6) is 11.5 Å². The summed E-state index contributed by atoms with van der Waals surface area (Å²) in [6.07, 6.45) is -0.0124. The first-order valence-electron chi connectivity index (χ1n) is 5.90. The third-order valence-corrected chi connectivity index (χ3v) is 2.85. The Morgan fingerprint density at radius 2 is 1.79 bits per heavy atom. The number of halogens is 2. The minimum absolute atomic E-state index is 0.000213. The van der Waals surface area contributed by atoms with Gasteiger partial charge in [0.05, 0.1) is 13.2 Å². The lowest BCUT2D eigenvalue weighted by Gasteiger charge is -2.21. The fourth-order valence-corrected chi connectivity index (χ4v) is 1.54. The van der Waals surface area contributed by atoms with Crippen molar-refractivity contribution in [2.75, 3.05) is 19.5 Å². The first kappa shape index (κ1) is 15.5. The standard InChI is InChI=1S/C13H19F2NO3/c1-8(9(2)17-3)16-10-5-6-11(18-4)12(7-10)19-13(14)15/h5-9,13,16H,1-4H3. The summed E-state index contributed by atoms with van der Waals surface area (Å²) < 4.78 is 39.2. The van der Waals surface area contributed by atoms with Gasteiger partial charge in [-0.15, -0.1) is 0 Å². The molecular weight excluding hydrogens is 256 g/mol. The summed E-state index contributed by atoms with van der Waals surface area (Å²) in [7, 11) is 3.01. The van der Waals surface area contributed by atoms with E-state index in [4.69, 9.17) is 9.47 Å². The van der Waals surface area contributed by atoms with Crippen molar-refractivity contribution in [3.63, 3.8) is 0 Å². The minimum atomic E-state index is -2.89. The van der Waals surface area contributed by atoms with Crippen LogP contribution in [0.2, 0.25) is 0 Å². The molecule has 1 N–H and O–H groups in total. The van der Waals surface area contributed by atoms with Crippen LogP contribution in [-0.2, 0) is 4.74 Å².